The summed E-state index contributed by atoms with van der Waals surface area (Å²) in [6.07, 6.45) is 0. The number of halogens is 1. The lowest BCUT2D eigenvalue weighted by Crippen LogP contribution is -2.43. The molecule has 0 fully saturated rings. The topological polar surface area (TPSA) is 88.3 Å². The van der Waals surface area contributed by atoms with Crippen molar-refractivity contribution in [1.29, 1.82) is 0 Å². The molecule has 2 aromatic rings. The maximum atomic E-state index is 12.3. The standard InChI is InChI=1S/C17H21BrN4O3S/c1-4-22(9-14(23)19-11(2)3)15(24)10-26-17-21-20-16(25-17)12-7-5-6-8-13(12)18/h5-8,11H,4,9-10H2,1-3H3,(H,19,23). The molecular formula is C17H21BrN4O3S. The van der Waals surface area contributed by atoms with E-state index in [1.165, 1.54) is 4.90 Å². The smallest absolute Gasteiger partial charge is 0.277 e. The summed E-state index contributed by atoms with van der Waals surface area (Å²) < 4.78 is 6.46. The minimum Gasteiger partial charge on any atom is -0.411 e. The fourth-order valence-corrected chi connectivity index (χ4v) is 3.26. The van der Waals surface area contributed by atoms with Gasteiger partial charge in [-0.25, -0.2) is 0 Å². The third-order valence-electron chi connectivity index (χ3n) is 3.35. The quantitative estimate of drug-likeness (QED) is 0.634. The van der Waals surface area contributed by atoms with Crippen LogP contribution in [0.15, 0.2) is 38.4 Å². The Kier molecular flexibility index (Phi) is 7.65. The molecule has 0 aliphatic carbocycles. The molecule has 0 aliphatic rings. The van der Waals surface area contributed by atoms with E-state index in [1.54, 1.807) is 0 Å². The van der Waals surface area contributed by atoms with E-state index < -0.39 is 0 Å². The average Bonchev–Trinajstić information content (AvgIpc) is 3.06. The molecule has 140 valence electrons. The molecule has 7 nitrogen and oxygen atoms in total. The number of hydrogen-bond donors (Lipinski definition) is 1. The lowest BCUT2D eigenvalue weighted by Gasteiger charge is -2.20. The largest absolute Gasteiger partial charge is 0.411 e. The molecular weight excluding hydrogens is 420 g/mol. The molecule has 0 radical (unpaired) electrons. The first-order valence-electron chi connectivity index (χ1n) is 8.19. The predicted octanol–water partition coefficient (Wildman–Crippen LogP) is 2.96. The molecule has 26 heavy (non-hydrogen) atoms. The number of nitrogens with zero attached hydrogens (tertiary/aromatic N) is 3. The van der Waals surface area contributed by atoms with Gasteiger partial charge in [0.25, 0.3) is 5.22 Å². The molecule has 1 aromatic heterocycles. The van der Waals surface area contributed by atoms with Crippen LogP contribution in [-0.2, 0) is 9.59 Å². The highest BCUT2D eigenvalue weighted by atomic mass is 79.9. The summed E-state index contributed by atoms with van der Waals surface area (Å²) >= 11 is 4.60. The van der Waals surface area contributed by atoms with Crippen molar-refractivity contribution >= 4 is 39.5 Å². The molecule has 1 heterocycles. The molecule has 0 unspecified atom stereocenters. The van der Waals surface area contributed by atoms with Crippen LogP contribution < -0.4 is 5.32 Å². The number of carbonyl (C=O) groups excluding carboxylic acids is 2. The Morgan fingerprint density at radius 2 is 2.04 bits per heavy atom. The second kappa shape index (κ2) is 9.72. The number of likely N-dealkylation sites (N-methyl/N-ethyl adjacent to an activating group) is 1. The lowest BCUT2D eigenvalue weighted by atomic mass is 10.2. The predicted molar refractivity (Wildman–Crippen MR) is 104 cm³/mol. The number of thioether (sulfide) groups is 1. The highest BCUT2D eigenvalue weighted by Gasteiger charge is 2.18. The van der Waals surface area contributed by atoms with Gasteiger partial charge in [-0.1, -0.05) is 23.9 Å². The van der Waals surface area contributed by atoms with Crippen LogP contribution in [0.3, 0.4) is 0 Å². The van der Waals surface area contributed by atoms with E-state index in [-0.39, 0.29) is 30.2 Å². The van der Waals surface area contributed by atoms with E-state index in [4.69, 9.17) is 4.42 Å². The van der Waals surface area contributed by atoms with Crippen molar-refractivity contribution in [3.63, 3.8) is 0 Å². The summed E-state index contributed by atoms with van der Waals surface area (Å²) in [4.78, 5) is 25.7. The van der Waals surface area contributed by atoms with Crippen LogP contribution in [0, 0.1) is 0 Å². The second-order valence-electron chi connectivity index (χ2n) is 5.77. The Morgan fingerprint density at radius 3 is 2.69 bits per heavy atom. The molecule has 1 N–H and O–H groups in total. The van der Waals surface area contributed by atoms with Crippen molar-refractivity contribution in [3.05, 3.63) is 28.7 Å². The van der Waals surface area contributed by atoms with Crippen LogP contribution in [0.5, 0.6) is 0 Å². The fourth-order valence-electron chi connectivity index (χ4n) is 2.14. The van der Waals surface area contributed by atoms with Crippen molar-refractivity contribution in [3.8, 4) is 11.5 Å². The van der Waals surface area contributed by atoms with Crippen LogP contribution in [0.2, 0.25) is 0 Å². The molecule has 0 atom stereocenters. The Labute approximate surface area is 165 Å². The number of hydrogen-bond acceptors (Lipinski definition) is 6. The zero-order chi connectivity index (χ0) is 19.1. The number of aromatic nitrogens is 2. The third-order valence-corrected chi connectivity index (χ3v) is 4.84. The zero-order valence-electron chi connectivity index (χ0n) is 14.9. The Bertz CT molecular complexity index is 766. The third kappa shape index (κ3) is 5.84. The Morgan fingerprint density at radius 1 is 1.31 bits per heavy atom. The summed E-state index contributed by atoms with van der Waals surface area (Å²) in [6.45, 7) is 6.09. The van der Waals surface area contributed by atoms with Crippen LogP contribution >= 0.6 is 27.7 Å². The van der Waals surface area contributed by atoms with Crippen LogP contribution in [0.25, 0.3) is 11.5 Å². The highest BCUT2D eigenvalue weighted by molar-refractivity contribution is 9.10. The summed E-state index contributed by atoms with van der Waals surface area (Å²) in [5, 5.41) is 11.1. The summed E-state index contributed by atoms with van der Waals surface area (Å²) in [6, 6.07) is 7.56. The molecule has 1 aromatic carbocycles. The molecule has 0 spiro atoms. The van der Waals surface area contributed by atoms with E-state index in [0.29, 0.717) is 17.7 Å². The van der Waals surface area contributed by atoms with Crippen molar-refractivity contribution in [2.24, 2.45) is 0 Å². The molecule has 0 saturated heterocycles. The van der Waals surface area contributed by atoms with Gasteiger partial charge in [-0.3, -0.25) is 9.59 Å². The van der Waals surface area contributed by atoms with Crippen LogP contribution in [0.4, 0.5) is 0 Å². The number of carbonyl (C=O) groups is 2. The van der Waals surface area contributed by atoms with Gasteiger partial charge in [0.2, 0.25) is 17.7 Å². The Balaban J connectivity index is 1.92. The van der Waals surface area contributed by atoms with E-state index >= 15 is 0 Å². The van der Waals surface area contributed by atoms with Gasteiger partial charge in [0.1, 0.15) is 0 Å². The molecule has 2 amide bonds. The van der Waals surface area contributed by atoms with Crippen molar-refractivity contribution in [1.82, 2.24) is 20.4 Å². The van der Waals surface area contributed by atoms with Gasteiger partial charge in [0.15, 0.2) is 0 Å². The van der Waals surface area contributed by atoms with E-state index in [1.807, 2.05) is 45.0 Å². The number of amides is 2. The van der Waals surface area contributed by atoms with Gasteiger partial charge in [0.05, 0.1) is 17.9 Å². The summed E-state index contributed by atoms with van der Waals surface area (Å²) in [7, 11) is 0. The zero-order valence-corrected chi connectivity index (χ0v) is 17.3. The minimum absolute atomic E-state index is 0.0415. The SMILES string of the molecule is CCN(CC(=O)NC(C)C)C(=O)CSc1nnc(-c2ccccc2Br)o1. The van der Waals surface area contributed by atoms with Gasteiger partial charge in [-0.05, 0) is 48.8 Å². The van der Waals surface area contributed by atoms with Gasteiger partial charge >= 0.3 is 0 Å². The highest BCUT2D eigenvalue weighted by Crippen LogP contribution is 2.28. The van der Waals surface area contributed by atoms with Crippen LogP contribution in [-0.4, -0.2) is 51.8 Å². The van der Waals surface area contributed by atoms with Gasteiger partial charge < -0.3 is 14.6 Å². The normalized spacial score (nSPS) is 10.8. The molecule has 0 saturated carbocycles. The monoisotopic (exact) mass is 440 g/mol. The summed E-state index contributed by atoms with van der Waals surface area (Å²) in [5.41, 5.74) is 0.790. The van der Waals surface area contributed by atoms with Gasteiger partial charge in [-0.2, -0.15) is 0 Å². The van der Waals surface area contributed by atoms with Crippen molar-refractivity contribution in [2.45, 2.75) is 32.0 Å². The van der Waals surface area contributed by atoms with E-state index in [2.05, 4.69) is 31.4 Å². The molecule has 2 rings (SSSR count). The number of benzene rings is 1. The first kappa shape index (κ1) is 20.4. The first-order chi connectivity index (χ1) is 12.4. The van der Waals surface area contributed by atoms with Gasteiger partial charge in [0, 0.05) is 17.1 Å². The summed E-state index contributed by atoms with van der Waals surface area (Å²) in [5.74, 6) is 0.183. The van der Waals surface area contributed by atoms with E-state index in [0.717, 1.165) is 21.8 Å². The van der Waals surface area contributed by atoms with E-state index in [9.17, 15) is 9.59 Å². The molecule has 9 heteroatoms. The average molecular weight is 441 g/mol. The minimum atomic E-state index is -0.172. The lowest BCUT2D eigenvalue weighted by molar-refractivity contribution is -0.134. The second-order valence-corrected chi connectivity index (χ2v) is 7.55. The maximum absolute atomic E-state index is 12.3. The maximum Gasteiger partial charge on any atom is 0.277 e. The van der Waals surface area contributed by atoms with Gasteiger partial charge in [-0.15, -0.1) is 10.2 Å². The van der Waals surface area contributed by atoms with Crippen molar-refractivity contribution < 1.29 is 14.0 Å². The number of rotatable bonds is 8. The van der Waals surface area contributed by atoms with Crippen LogP contribution in [0.1, 0.15) is 20.8 Å². The molecule has 0 bridgehead atoms. The number of nitrogens with one attached hydrogen (secondary N) is 1. The Hall–Kier alpha value is -1.87. The fraction of sp³-hybridized carbons (Fsp3) is 0.412. The first-order valence-corrected chi connectivity index (χ1v) is 9.97. The molecule has 0 aliphatic heterocycles. The van der Waals surface area contributed by atoms with Crippen molar-refractivity contribution in [2.75, 3.05) is 18.8 Å².